The van der Waals surface area contributed by atoms with Crippen molar-refractivity contribution in [1.29, 1.82) is 5.26 Å². The summed E-state index contributed by atoms with van der Waals surface area (Å²) in [6.07, 6.45) is 2.95. The molecular formula is C18H18N6O2. The van der Waals surface area contributed by atoms with Crippen molar-refractivity contribution in [2.75, 3.05) is 31.5 Å². The molecule has 2 heterocycles. The van der Waals surface area contributed by atoms with E-state index in [0.717, 1.165) is 0 Å². The lowest BCUT2D eigenvalue weighted by atomic mass is 10.2. The van der Waals surface area contributed by atoms with Gasteiger partial charge in [-0.3, -0.25) is 9.59 Å². The number of hydrogen-bond acceptors (Lipinski definition) is 6. The van der Waals surface area contributed by atoms with E-state index in [4.69, 9.17) is 5.26 Å². The molecule has 1 aliphatic rings. The molecule has 0 bridgehead atoms. The summed E-state index contributed by atoms with van der Waals surface area (Å²) in [4.78, 5) is 35.6. The first-order valence-corrected chi connectivity index (χ1v) is 8.21. The van der Waals surface area contributed by atoms with Gasteiger partial charge in [0, 0.05) is 51.2 Å². The van der Waals surface area contributed by atoms with Crippen molar-refractivity contribution in [2.45, 2.75) is 6.92 Å². The number of rotatable bonds is 3. The number of hydrogen-bond donors (Lipinski definition) is 1. The summed E-state index contributed by atoms with van der Waals surface area (Å²) in [6.45, 7) is 3.61. The molecule has 0 spiro atoms. The van der Waals surface area contributed by atoms with Crippen molar-refractivity contribution in [1.82, 2.24) is 19.8 Å². The van der Waals surface area contributed by atoms with Crippen LogP contribution in [0.25, 0.3) is 0 Å². The number of nitrogens with one attached hydrogen (secondary N) is 1. The molecule has 8 nitrogen and oxygen atoms in total. The van der Waals surface area contributed by atoms with Crippen molar-refractivity contribution >= 4 is 23.5 Å². The van der Waals surface area contributed by atoms with Crippen molar-refractivity contribution in [3.05, 3.63) is 47.8 Å². The third-order valence-corrected chi connectivity index (χ3v) is 4.16. The van der Waals surface area contributed by atoms with Gasteiger partial charge in [-0.2, -0.15) is 5.26 Å². The van der Waals surface area contributed by atoms with E-state index in [-0.39, 0.29) is 11.8 Å². The van der Waals surface area contributed by atoms with Crippen LogP contribution in [-0.4, -0.2) is 57.8 Å². The molecule has 1 aromatic carbocycles. The average molecular weight is 350 g/mol. The van der Waals surface area contributed by atoms with E-state index in [1.807, 2.05) is 0 Å². The maximum absolute atomic E-state index is 12.5. The molecule has 0 radical (unpaired) electrons. The number of carbonyl (C=O) groups is 2. The van der Waals surface area contributed by atoms with E-state index in [0.29, 0.717) is 48.9 Å². The van der Waals surface area contributed by atoms with Gasteiger partial charge in [0.25, 0.3) is 5.91 Å². The first-order chi connectivity index (χ1) is 12.6. The van der Waals surface area contributed by atoms with Crippen LogP contribution in [0.4, 0.5) is 11.6 Å². The lowest BCUT2D eigenvalue weighted by molar-refractivity contribution is -0.130. The van der Waals surface area contributed by atoms with Gasteiger partial charge in [-0.15, -0.1) is 0 Å². The summed E-state index contributed by atoms with van der Waals surface area (Å²) in [6, 6.07) is 9.03. The molecule has 0 saturated carbocycles. The summed E-state index contributed by atoms with van der Waals surface area (Å²) in [5.41, 5.74) is 1.63. The molecule has 0 atom stereocenters. The Labute approximate surface area is 151 Å². The zero-order valence-electron chi connectivity index (χ0n) is 14.3. The Bertz CT molecular complexity index is 851. The van der Waals surface area contributed by atoms with Gasteiger partial charge in [0.05, 0.1) is 17.2 Å². The molecule has 132 valence electrons. The second-order valence-electron chi connectivity index (χ2n) is 5.91. The highest BCUT2D eigenvalue weighted by Crippen LogP contribution is 2.15. The third kappa shape index (κ3) is 3.95. The highest BCUT2D eigenvalue weighted by Gasteiger charge is 2.23. The fraction of sp³-hybridized carbons (Fsp3) is 0.278. The normalized spacial score (nSPS) is 13.8. The summed E-state index contributed by atoms with van der Waals surface area (Å²) in [5, 5.41) is 11.9. The molecule has 3 rings (SSSR count). The van der Waals surface area contributed by atoms with E-state index in [9.17, 15) is 9.59 Å². The highest BCUT2D eigenvalue weighted by molar-refractivity contribution is 5.94. The van der Waals surface area contributed by atoms with Crippen LogP contribution in [0.5, 0.6) is 0 Å². The minimum absolute atomic E-state index is 0.0244. The van der Waals surface area contributed by atoms with Crippen LogP contribution in [0, 0.1) is 11.3 Å². The lowest BCUT2D eigenvalue weighted by Crippen LogP contribution is -2.50. The van der Waals surface area contributed by atoms with E-state index < -0.39 is 0 Å². The van der Waals surface area contributed by atoms with Crippen molar-refractivity contribution < 1.29 is 9.59 Å². The van der Waals surface area contributed by atoms with E-state index in [2.05, 4.69) is 21.4 Å². The minimum Gasteiger partial charge on any atom is -0.339 e. The van der Waals surface area contributed by atoms with Gasteiger partial charge in [-0.05, 0) is 18.2 Å². The number of benzene rings is 1. The third-order valence-electron chi connectivity index (χ3n) is 4.16. The predicted molar refractivity (Wildman–Crippen MR) is 94.6 cm³/mol. The molecular weight excluding hydrogens is 332 g/mol. The zero-order chi connectivity index (χ0) is 18.5. The van der Waals surface area contributed by atoms with Gasteiger partial charge in [0.1, 0.15) is 0 Å². The van der Waals surface area contributed by atoms with Crippen LogP contribution >= 0.6 is 0 Å². The Morgan fingerprint density at radius 2 is 1.77 bits per heavy atom. The van der Waals surface area contributed by atoms with Crippen LogP contribution < -0.4 is 5.32 Å². The van der Waals surface area contributed by atoms with Crippen molar-refractivity contribution in [3.63, 3.8) is 0 Å². The smallest absolute Gasteiger partial charge is 0.257 e. The summed E-state index contributed by atoms with van der Waals surface area (Å²) in [7, 11) is 0. The second kappa shape index (κ2) is 7.61. The molecule has 26 heavy (non-hydrogen) atoms. The number of piperazine rings is 1. The standard InChI is InChI=1S/C18H18N6O2/c1-13(25)23-5-7-24(8-6-23)17(26)15-11-20-18(21-12-15)22-16-4-2-3-14(9-16)10-19/h2-4,9,11-12H,5-8H2,1H3,(H,20,21,22). The van der Waals surface area contributed by atoms with E-state index in [1.165, 1.54) is 19.3 Å². The van der Waals surface area contributed by atoms with Gasteiger partial charge >= 0.3 is 0 Å². The Balaban J connectivity index is 1.63. The number of carbonyl (C=O) groups excluding carboxylic acids is 2. The minimum atomic E-state index is -0.147. The Kier molecular flexibility index (Phi) is 5.08. The maximum Gasteiger partial charge on any atom is 0.257 e. The van der Waals surface area contributed by atoms with Gasteiger partial charge in [-0.1, -0.05) is 6.07 Å². The largest absolute Gasteiger partial charge is 0.339 e. The lowest BCUT2D eigenvalue weighted by Gasteiger charge is -2.34. The van der Waals surface area contributed by atoms with Crippen molar-refractivity contribution in [2.24, 2.45) is 0 Å². The fourth-order valence-electron chi connectivity index (χ4n) is 2.71. The van der Waals surface area contributed by atoms with Gasteiger partial charge in [-0.25, -0.2) is 9.97 Å². The van der Waals surface area contributed by atoms with Gasteiger partial charge in [0.15, 0.2) is 0 Å². The van der Waals surface area contributed by atoms with Crippen LogP contribution in [-0.2, 0) is 4.79 Å². The second-order valence-corrected chi connectivity index (χ2v) is 5.91. The van der Waals surface area contributed by atoms with Gasteiger partial charge < -0.3 is 15.1 Å². The fourth-order valence-corrected chi connectivity index (χ4v) is 2.71. The quantitative estimate of drug-likeness (QED) is 0.897. The Morgan fingerprint density at radius 1 is 1.12 bits per heavy atom. The topological polar surface area (TPSA) is 102 Å². The highest BCUT2D eigenvalue weighted by atomic mass is 16.2. The monoisotopic (exact) mass is 350 g/mol. The van der Waals surface area contributed by atoms with Crippen LogP contribution in [0.15, 0.2) is 36.7 Å². The summed E-state index contributed by atoms with van der Waals surface area (Å²) in [5.74, 6) is 0.223. The maximum atomic E-state index is 12.5. The predicted octanol–water partition coefficient (Wildman–Crippen LogP) is 1.40. The average Bonchev–Trinajstić information content (AvgIpc) is 2.68. The molecule has 0 aliphatic carbocycles. The first kappa shape index (κ1) is 17.4. The van der Waals surface area contributed by atoms with Crippen LogP contribution in [0.1, 0.15) is 22.8 Å². The van der Waals surface area contributed by atoms with Crippen LogP contribution in [0.2, 0.25) is 0 Å². The molecule has 2 aromatic rings. The molecule has 1 aromatic heterocycles. The van der Waals surface area contributed by atoms with E-state index >= 15 is 0 Å². The van der Waals surface area contributed by atoms with E-state index in [1.54, 1.807) is 34.1 Å². The molecule has 2 amide bonds. The number of anilines is 2. The molecule has 0 unspecified atom stereocenters. The molecule has 1 aliphatic heterocycles. The van der Waals surface area contributed by atoms with Crippen molar-refractivity contribution in [3.8, 4) is 6.07 Å². The number of nitrogens with zero attached hydrogens (tertiary/aromatic N) is 5. The summed E-state index contributed by atoms with van der Waals surface area (Å²) < 4.78 is 0. The Morgan fingerprint density at radius 3 is 2.38 bits per heavy atom. The number of nitriles is 1. The Hall–Kier alpha value is -3.47. The number of amides is 2. The first-order valence-electron chi connectivity index (χ1n) is 8.21. The molecule has 1 fully saturated rings. The van der Waals surface area contributed by atoms with Crippen LogP contribution in [0.3, 0.4) is 0 Å². The number of aromatic nitrogens is 2. The molecule has 1 N–H and O–H groups in total. The molecule has 8 heteroatoms. The van der Waals surface area contributed by atoms with Gasteiger partial charge in [0.2, 0.25) is 11.9 Å². The zero-order valence-corrected chi connectivity index (χ0v) is 14.3. The SMILES string of the molecule is CC(=O)N1CCN(C(=O)c2cnc(Nc3cccc(C#N)c3)nc2)CC1. The summed E-state index contributed by atoms with van der Waals surface area (Å²) >= 11 is 0. The molecule has 1 saturated heterocycles.